The van der Waals surface area contributed by atoms with Gasteiger partial charge in [-0.05, 0) is 43.7 Å². The Labute approximate surface area is 140 Å². The molecule has 3 rings (SSSR count). The molecule has 0 radical (unpaired) electrons. The van der Waals surface area contributed by atoms with Crippen LogP contribution in [0.1, 0.15) is 11.3 Å². The molecule has 0 aliphatic carbocycles. The van der Waals surface area contributed by atoms with Crippen LogP contribution in [0, 0.1) is 13.8 Å². The normalized spacial score (nSPS) is 10.4. The number of aromatic nitrogens is 2. The number of halogens is 1. The van der Waals surface area contributed by atoms with Gasteiger partial charge in [0.2, 0.25) is 5.95 Å². The van der Waals surface area contributed by atoms with Crippen molar-refractivity contribution in [3.8, 4) is 0 Å². The van der Waals surface area contributed by atoms with Crippen LogP contribution in [-0.2, 0) is 0 Å². The largest absolute Gasteiger partial charge is 0.340 e. The fraction of sp³-hybridized carbons (Fsp3) is 0.111. The molecular weight excluding hydrogens is 308 g/mol. The Hall–Kier alpha value is -2.59. The summed E-state index contributed by atoms with van der Waals surface area (Å²) < 4.78 is 0. The number of nitrogens with one attached hydrogen (secondary N) is 2. The van der Waals surface area contributed by atoms with E-state index < -0.39 is 0 Å². The minimum absolute atomic E-state index is 0.536. The van der Waals surface area contributed by atoms with Crippen molar-refractivity contribution in [2.24, 2.45) is 0 Å². The lowest BCUT2D eigenvalue weighted by Gasteiger charge is -2.12. The van der Waals surface area contributed by atoms with Crippen molar-refractivity contribution in [3.63, 3.8) is 0 Å². The van der Waals surface area contributed by atoms with E-state index in [1.807, 2.05) is 68.4 Å². The molecule has 1 heterocycles. The molecule has 0 bridgehead atoms. The lowest BCUT2D eigenvalue weighted by Crippen LogP contribution is -2.03. The molecule has 0 fully saturated rings. The van der Waals surface area contributed by atoms with Crippen molar-refractivity contribution < 1.29 is 0 Å². The van der Waals surface area contributed by atoms with Crippen molar-refractivity contribution in [1.82, 2.24) is 9.97 Å². The van der Waals surface area contributed by atoms with Gasteiger partial charge >= 0.3 is 0 Å². The first-order chi connectivity index (χ1) is 11.1. The Balaban J connectivity index is 1.87. The molecule has 2 N–H and O–H groups in total. The van der Waals surface area contributed by atoms with Gasteiger partial charge in [-0.15, -0.1) is 0 Å². The predicted octanol–water partition coefficient (Wildman–Crippen LogP) is 5.23. The summed E-state index contributed by atoms with van der Waals surface area (Å²) in [6, 6.07) is 17.5. The van der Waals surface area contributed by atoms with Crippen LogP contribution in [0.4, 0.5) is 23.1 Å². The monoisotopic (exact) mass is 324 g/mol. The zero-order valence-corrected chi connectivity index (χ0v) is 13.7. The number of nitrogens with zero attached hydrogens (tertiary/aromatic N) is 2. The molecule has 0 amide bonds. The first-order valence-electron chi connectivity index (χ1n) is 7.32. The molecule has 0 aliphatic heterocycles. The second-order valence-corrected chi connectivity index (χ2v) is 5.65. The highest BCUT2D eigenvalue weighted by atomic mass is 35.5. The zero-order valence-electron chi connectivity index (χ0n) is 13.0. The van der Waals surface area contributed by atoms with Gasteiger partial charge in [-0.1, -0.05) is 35.9 Å². The number of hydrogen-bond acceptors (Lipinski definition) is 4. The smallest absolute Gasteiger partial charge is 0.229 e. The summed E-state index contributed by atoms with van der Waals surface area (Å²) in [6.07, 6.45) is 0. The first-order valence-corrected chi connectivity index (χ1v) is 7.69. The Morgan fingerprint density at radius 2 is 1.65 bits per heavy atom. The summed E-state index contributed by atoms with van der Waals surface area (Å²) in [6.45, 7) is 3.90. The third-order valence-corrected chi connectivity index (χ3v) is 3.82. The van der Waals surface area contributed by atoms with Crippen LogP contribution < -0.4 is 10.6 Å². The summed E-state index contributed by atoms with van der Waals surface area (Å²) in [5.41, 5.74) is 3.72. The number of hydrogen-bond donors (Lipinski definition) is 2. The molecule has 23 heavy (non-hydrogen) atoms. The maximum absolute atomic E-state index is 6.16. The van der Waals surface area contributed by atoms with E-state index in [0.29, 0.717) is 11.0 Å². The quantitative estimate of drug-likeness (QED) is 0.689. The molecule has 3 aromatic rings. The van der Waals surface area contributed by atoms with Gasteiger partial charge < -0.3 is 10.6 Å². The standard InChI is InChI=1S/C18H17ClN4/c1-12-11-17(21-14-7-4-3-5-8-14)23-18(20-12)22-16-10-6-9-15(19)13(16)2/h3-11H,1-2H3,(H2,20,21,22,23). The highest BCUT2D eigenvalue weighted by Crippen LogP contribution is 2.25. The fourth-order valence-corrected chi connectivity index (χ4v) is 2.40. The van der Waals surface area contributed by atoms with Gasteiger partial charge in [0.15, 0.2) is 0 Å². The SMILES string of the molecule is Cc1cc(Nc2ccccc2)nc(Nc2cccc(Cl)c2C)n1. The van der Waals surface area contributed by atoms with Crippen LogP contribution in [0.25, 0.3) is 0 Å². The van der Waals surface area contributed by atoms with Gasteiger partial charge in [-0.3, -0.25) is 0 Å². The Morgan fingerprint density at radius 1 is 0.870 bits per heavy atom. The molecular formula is C18H17ClN4. The summed E-state index contributed by atoms with van der Waals surface area (Å²) in [5.74, 6) is 1.28. The number of rotatable bonds is 4. The molecule has 2 aromatic carbocycles. The van der Waals surface area contributed by atoms with Gasteiger partial charge in [0.1, 0.15) is 5.82 Å². The summed E-state index contributed by atoms with van der Waals surface area (Å²) in [7, 11) is 0. The predicted molar refractivity (Wildman–Crippen MR) is 96.0 cm³/mol. The van der Waals surface area contributed by atoms with Gasteiger partial charge in [0, 0.05) is 28.2 Å². The molecule has 0 aliphatic rings. The molecule has 0 unspecified atom stereocenters. The number of para-hydroxylation sites is 1. The van der Waals surface area contributed by atoms with E-state index in [1.165, 1.54) is 0 Å². The van der Waals surface area contributed by atoms with Crippen molar-refractivity contribution in [2.75, 3.05) is 10.6 Å². The molecule has 0 spiro atoms. The highest BCUT2D eigenvalue weighted by Gasteiger charge is 2.06. The van der Waals surface area contributed by atoms with E-state index >= 15 is 0 Å². The van der Waals surface area contributed by atoms with E-state index in [2.05, 4.69) is 20.6 Å². The molecule has 0 saturated carbocycles. The topological polar surface area (TPSA) is 49.8 Å². The zero-order chi connectivity index (χ0) is 16.2. The van der Waals surface area contributed by atoms with Gasteiger partial charge in [0.25, 0.3) is 0 Å². The van der Waals surface area contributed by atoms with Crippen LogP contribution >= 0.6 is 11.6 Å². The Morgan fingerprint density at radius 3 is 2.43 bits per heavy atom. The van der Waals surface area contributed by atoms with Crippen LogP contribution in [0.15, 0.2) is 54.6 Å². The first kappa shape index (κ1) is 15.3. The fourth-order valence-electron chi connectivity index (χ4n) is 2.22. The maximum Gasteiger partial charge on any atom is 0.229 e. The van der Waals surface area contributed by atoms with Crippen molar-refractivity contribution in [1.29, 1.82) is 0 Å². The van der Waals surface area contributed by atoms with Crippen molar-refractivity contribution >= 4 is 34.7 Å². The molecule has 116 valence electrons. The molecule has 0 saturated heterocycles. The minimum atomic E-state index is 0.536. The lowest BCUT2D eigenvalue weighted by atomic mass is 10.2. The second-order valence-electron chi connectivity index (χ2n) is 5.25. The number of aryl methyl sites for hydroxylation is 1. The van der Waals surface area contributed by atoms with Gasteiger partial charge in [-0.2, -0.15) is 4.98 Å². The van der Waals surface area contributed by atoms with E-state index in [1.54, 1.807) is 0 Å². The molecule has 5 heteroatoms. The average molecular weight is 325 g/mol. The summed E-state index contributed by atoms with van der Waals surface area (Å²) in [5, 5.41) is 7.23. The van der Waals surface area contributed by atoms with E-state index in [-0.39, 0.29) is 0 Å². The highest BCUT2D eigenvalue weighted by molar-refractivity contribution is 6.31. The molecule has 1 aromatic heterocycles. The maximum atomic E-state index is 6.16. The Kier molecular flexibility index (Phi) is 4.44. The summed E-state index contributed by atoms with van der Waals surface area (Å²) >= 11 is 6.16. The van der Waals surface area contributed by atoms with Crippen molar-refractivity contribution in [3.05, 3.63) is 70.9 Å². The number of benzene rings is 2. The van der Waals surface area contributed by atoms with Crippen LogP contribution in [0.2, 0.25) is 5.02 Å². The summed E-state index contributed by atoms with van der Waals surface area (Å²) in [4.78, 5) is 8.95. The van der Waals surface area contributed by atoms with Crippen LogP contribution in [0.3, 0.4) is 0 Å². The van der Waals surface area contributed by atoms with E-state index in [4.69, 9.17) is 11.6 Å². The van der Waals surface area contributed by atoms with E-state index in [9.17, 15) is 0 Å². The second kappa shape index (κ2) is 6.67. The van der Waals surface area contributed by atoms with Crippen LogP contribution in [-0.4, -0.2) is 9.97 Å². The van der Waals surface area contributed by atoms with E-state index in [0.717, 1.165) is 28.5 Å². The lowest BCUT2D eigenvalue weighted by molar-refractivity contribution is 1.11. The van der Waals surface area contributed by atoms with Crippen LogP contribution in [0.5, 0.6) is 0 Å². The van der Waals surface area contributed by atoms with Gasteiger partial charge in [-0.25, -0.2) is 4.98 Å². The Bertz CT molecular complexity index is 819. The molecule has 4 nitrogen and oxygen atoms in total. The minimum Gasteiger partial charge on any atom is -0.340 e. The number of anilines is 4. The third-order valence-electron chi connectivity index (χ3n) is 3.41. The van der Waals surface area contributed by atoms with Gasteiger partial charge in [0.05, 0.1) is 0 Å². The molecule has 0 atom stereocenters. The van der Waals surface area contributed by atoms with Crippen molar-refractivity contribution in [2.45, 2.75) is 13.8 Å². The third kappa shape index (κ3) is 3.79. The average Bonchev–Trinajstić information content (AvgIpc) is 2.52.